The van der Waals surface area contributed by atoms with Crippen molar-refractivity contribution >= 4 is 11.5 Å². The van der Waals surface area contributed by atoms with Crippen LogP contribution in [0, 0.1) is 5.82 Å². The summed E-state index contributed by atoms with van der Waals surface area (Å²) in [6.07, 6.45) is 2.21. The lowest BCUT2D eigenvalue weighted by molar-refractivity contribution is 0.316. The Morgan fingerprint density at radius 2 is 2.28 bits per heavy atom. The first-order chi connectivity index (χ1) is 8.67. The number of nitrogens with two attached hydrogens (primary N) is 1. The van der Waals surface area contributed by atoms with Gasteiger partial charge in [-0.05, 0) is 25.0 Å². The fourth-order valence-electron chi connectivity index (χ4n) is 1.49. The lowest BCUT2D eigenvalue weighted by Crippen LogP contribution is -2.11. The van der Waals surface area contributed by atoms with Gasteiger partial charge in [-0.3, -0.25) is 0 Å². The maximum Gasteiger partial charge on any atom is 0.167 e. The molecule has 0 aliphatic carbocycles. The molecule has 18 heavy (non-hydrogen) atoms. The molecule has 0 heterocycles. The molecule has 100 valence electrons. The first-order valence-electron chi connectivity index (χ1n) is 5.71. The molecule has 0 aromatic heterocycles. The van der Waals surface area contributed by atoms with Gasteiger partial charge in [0.15, 0.2) is 11.6 Å². The molecule has 0 aliphatic rings. The lowest BCUT2D eigenvalue weighted by Gasteiger charge is -2.08. The smallest absolute Gasteiger partial charge is 0.167 e. The van der Waals surface area contributed by atoms with Crippen molar-refractivity contribution in [1.29, 1.82) is 0 Å². The summed E-state index contributed by atoms with van der Waals surface area (Å²) in [5, 5.41) is 14.3. The third-order valence-corrected chi connectivity index (χ3v) is 2.47. The van der Waals surface area contributed by atoms with Gasteiger partial charge in [0.1, 0.15) is 5.84 Å². The maximum atomic E-state index is 13.4. The van der Waals surface area contributed by atoms with Crippen molar-refractivity contribution in [3.63, 3.8) is 0 Å². The zero-order chi connectivity index (χ0) is 13.4. The number of nitrogens with zero attached hydrogens (tertiary/aromatic N) is 1. The molecule has 5 nitrogen and oxygen atoms in total. The van der Waals surface area contributed by atoms with Gasteiger partial charge in [0.2, 0.25) is 0 Å². The predicted molar refractivity (Wildman–Crippen MR) is 68.7 cm³/mol. The van der Waals surface area contributed by atoms with E-state index in [1.165, 1.54) is 13.2 Å². The molecule has 0 aliphatic heterocycles. The van der Waals surface area contributed by atoms with Crippen molar-refractivity contribution in [2.24, 2.45) is 10.9 Å². The van der Waals surface area contributed by atoms with Crippen molar-refractivity contribution in [1.82, 2.24) is 0 Å². The Morgan fingerprint density at radius 1 is 1.50 bits per heavy atom. The van der Waals surface area contributed by atoms with E-state index >= 15 is 0 Å². The number of rotatable bonds is 7. The summed E-state index contributed by atoms with van der Waals surface area (Å²) in [5.41, 5.74) is 6.04. The number of anilines is 1. The van der Waals surface area contributed by atoms with Gasteiger partial charge in [-0.15, -0.1) is 0 Å². The highest BCUT2D eigenvalue weighted by molar-refractivity contribution is 5.79. The molecule has 0 atom stereocenters. The fraction of sp³-hybridized carbons (Fsp3) is 0.417. The van der Waals surface area contributed by atoms with E-state index in [0.717, 1.165) is 12.8 Å². The van der Waals surface area contributed by atoms with Crippen LogP contribution in [0.1, 0.15) is 19.3 Å². The van der Waals surface area contributed by atoms with Gasteiger partial charge in [0, 0.05) is 24.7 Å². The van der Waals surface area contributed by atoms with Gasteiger partial charge in [-0.2, -0.15) is 0 Å². The molecule has 6 heteroatoms. The standard InChI is InChI=1S/C12H18FN3O2/c1-18-11-6-5-9(8-10(11)13)15-7-3-2-4-12(14)16-17/h5-6,8,15,17H,2-4,7H2,1H3,(H2,14,16). The second-order valence-corrected chi connectivity index (χ2v) is 3.82. The lowest BCUT2D eigenvalue weighted by atomic mass is 10.2. The monoisotopic (exact) mass is 255 g/mol. The molecule has 0 amide bonds. The van der Waals surface area contributed by atoms with Crippen molar-refractivity contribution in [3.8, 4) is 5.75 Å². The van der Waals surface area contributed by atoms with E-state index in [2.05, 4.69) is 10.5 Å². The van der Waals surface area contributed by atoms with Crippen LogP contribution >= 0.6 is 0 Å². The van der Waals surface area contributed by atoms with Crippen LogP contribution in [-0.4, -0.2) is 24.7 Å². The molecule has 0 bridgehead atoms. The van der Waals surface area contributed by atoms with E-state index in [1.807, 2.05) is 0 Å². The van der Waals surface area contributed by atoms with Gasteiger partial charge in [0.05, 0.1) is 7.11 Å². The second kappa shape index (κ2) is 7.37. The number of hydrogen-bond donors (Lipinski definition) is 3. The fourth-order valence-corrected chi connectivity index (χ4v) is 1.49. The molecule has 0 fully saturated rings. The van der Waals surface area contributed by atoms with Crippen LogP contribution < -0.4 is 15.8 Å². The Kier molecular flexibility index (Phi) is 5.76. The van der Waals surface area contributed by atoms with E-state index in [0.29, 0.717) is 18.7 Å². The van der Waals surface area contributed by atoms with Crippen LogP contribution in [0.4, 0.5) is 10.1 Å². The number of ether oxygens (including phenoxy) is 1. The Balaban J connectivity index is 2.29. The summed E-state index contributed by atoms with van der Waals surface area (Å²) in [6.45, 7) is 0.699. The molecule has 0 unspecified atom stereocenters. The van der Waals surface area contributed by atoms with Crippen LogP contribution in [0.2, 0.25) is 0 Å². The van der Waals surface area contributed by atoms with Crippen LogP contribution in [0.5, 0.6) is 5.75 Å². The number of amidine groups is 1. The Hall–Kier alpha value is -1.98. The van der Waals surface area contributed by atoms with Crippen LogP contribution in [0.3, 0.4) is 0 Å². The molecular weight excluding hydrogens is 237 g/mol. The Morgan fingerprint density at radius 3 is 2.89 bits per heavy atom. The molecule has 4 N–H and O–H groups in total. The van der Waals surface area contributed by atoms with Crippen molar-refractivity contribution in [2.45, 2.75) is 19.3 Å². The molecule has 1 aromatic carbocycles. The predicted octanol–water partition coefficient (Wildman–Crippen LogP) is 2.16. The van der Waals surface area contributed by atoms with E-state index in [1.54, 1.807) is 12.1 Å². The summed E-state index contributed by atoms with van der Waals surface area (Å²) >= 11 is 0. The largest absolute Gasteiger partial charge is 0.494 e. The minimum absolute atomic E-state index is 0.227. The summed E-state index contributed by atoms with van der Waals surface area (Å²) in [4.78, 5) is 0. The highest BCUT2D eigenvalue weighted by Crippen LogP contribution is 2.20. The highest BCUT2D eigenvalue weighted by Gasteiger charge is 2.02. The number of halogens is 1. The maximum absolute atomic E-state index is 13.4. The molecule has 0 spiro atoms. The third kappa shape index (κ3) is 4.48. The Labute approximate surface area is 105 Å². The number of unbranched alkanes of at least 4 members (excludes halogenated alkanes) is 1. The van der Waals surface area contributed by atoms with E-state index < -0.39 is 0 Å². The number of benzene rings is 1. The highest BCUT2D eigenvalue weighted by atomic mass is 19.1. The second-order valence-electron chi connectivity index (χ2n) is 3.82. The minimum atomic E-state index is -0.390. The van der Waals surface area contributed by atoms with E-state index in [9.17, 15) is 4.39 Å². The topological polar surface area (TPSA) is 79.9 Å². The first kappa shape index (κ1) is 14.1. The van der Waals surface area contributed by atoms with Crippen molar-refractivity contribution < 1.29 is 14.3 Å². The minimum Gasteiger partial charge on any atom is -0.494 e. The van der Waals surface area contributed by atoms with Gasteiger partial charge in [0.25, 0.3) is 0 Å². The summed E-state index contributed by atoms with van der Waals surface area (Å²) in [5.74, 6) is 0.0668. The summed E-state index contributed by atoms with van der Waals surface area (Å²) in [7, 11) is 1.43. The molecule has 0 saturated carbocycles. The average molecular weight is 255 g/mol. The number of nitrogens with one attached hydrogen (secondary N) is 1. The number of oxime groups is 1. The van der Waals surface area contributed by atoms with Gasteiger partial charge >= 0.3 is 0 Å². The molecule has 1 rings (SSSR count). The van der Waals surface area contributed by atoms with Crippen molar-refractivity contribution in [3.05, 3.63) is 24.0 Å². The van der Waals surface area contributed by atoms with Crippen molar-refractivity contribution in [2.75, 3.05) is 19.0 Å². The summed E-state index contributed by atoms with van der Waals surface area (Å²) in [6, 6.07) is 4.72. The molecule has 0 radical (unpaired) electrons. The zero-order valence-corrected chi connectivity index (χ0v) is 10.3. The Bertz CT molecular complexity index is 410. The zero-order valence-electron chi connectivity index (χ0n) is 10.3. The van der Waals surface area contributed by atoms with E-state index in [4.69, 9.17) is 15.7 Å². The van der Waals surface area contributed by atoms with Gasteiger partial charge < -0.3 is 21.0 Å². The van der Waals surface area contributed by atoms with Crippen LogP contribution in [-0.2, 0) is 0 Å². The van der Waals surface area contributed by atoms with Gasteiger partial charge in [-0.1, -0.05) is 5.16 Å². The number of hydrogen-bond acceptors (Lipinski definition) is 4. The molecular formula is C12H18FN3O2. The number of methoxy groups -OCH3 is 1. The normalized spacial score (nSPS) is 11.3. The van der Waals surface area contributed by atoms with Crippen LogP contribution in [0.15, 0.2) is 23.4 Å². The van der Waals surface area contributed by atoms with Gasteiger partial charge in [-0.25, -0.2) is 4.39 Å². The molecule has 1 aromatic rings. The summed E-state index contributed by atoms with van der Waals surface area (Å²) < 4.78 is 18.2. The SMILES string of the molecule is COc1ccc(NCCCCC(N)=NO)cc1F. The van der Waals surface area contributed by atoms with E-state index in [-0.39, 0.29) is 17.4 Å². The molecule has 0 saturated heterocycles. The first-order valence-corrected chi connectivity index (χ1v) is 5.71. The third-order valence-electron chi connectivity index (χ3n) is 2.47. The average Bonchev–Trinajstić information content (AvgIpc) is 2.38. The van der Waals surface area contributed by atoms with Crippen LogP contribution in [0.25, 0.3) is 0 Å². The quantitative estimate of drug-likeness (QED) is 0.229.